The Labute approximate surface area is 137 Å². The van der Waals surface area contributed by atoms with Crippen molar-refractivity contribution < 1.29 is 12.6 Å². The number of allylic oxidation sites excluding steroid dienone is 5. The van der Waals surface area contributed by atoms with E-state index in [4.69, 9.17) is 9.47 Å². The average Bonchev–Trinajstić information content (AvgIpc) is 2.58. The van der Waals surface area contributed by atoms with Crippen molar-refractivity contribution in [3.63, 3.8) is 0 Å². The van der Waals surface area contributed by atoms with Crippen molar-refractivity contribution in [2.45, 2.75) is 10.9 Å². The van der Waals surface area contributed by atoms with Crippen LogP contribution in [0.5, 0.6) is 0 Å². The van der Waals surface area contributed by atoms with Crippen LogP contribution in [0.25, 0.3) is 3.62 Å². The fraction of sp³-hybridized carbons (Fsp3) is 0.222. The van der Waals surface area contributed by atoms with Crippen LogP contribution in [0.3, 0.4) is 0 Å². The Balaban J connectivity index is 2.10. The molecule has 3 rings (SSSR count). The molecule has 114 valence electrons. The first-order valence-corrected chi connectivity index (χ1v) is 10.7. The molecule has 0 saturated heterocycles. The molecule has 22 heavy (non-hydrogen) atoms. The standard InChI is InChI=1S/C18H18O3Te/c1-3-21-16-12-17(13-7-5-4-6-8-13)22(19)18-11-14(20-2)9-10-15(16)18/h4-12,18H,3H2,1-2H3. The number of hydrogen-bond donors (Lipinski definition) is 0. The Morgan fingerprint density at radius 3 is 2.64 bits per heavy atom. The number of benzene rings is 1. The normalized spacial score (nSPS) is 21.1. The molecular weight excluding hydrogens is 392 g/mol. The van der Waals surface area contributed by atoms with Crippen molar-refractivity contribution in [2.24, 2.45) is 0 Å². The summed E-state index contributed by atoms with van der Waals surface area (Å²) in [5, 5.41) is 0. The van der Waals surface area contributed by atoms with Gasteiger partial charge in [-0.2, -0.15) is 0 Å². The minimum absolute atomic E-state index is 0.0923. The summed E-state index contributed by atoms with van der Waals surface area (Å²) in [6.45, 7) is 2.55. The molecule has 1 atom stereocenters. The van der Waals surface area contributed by atoms with Crippen LogP contribution in [0.4, 0.5) is 0 Å². The summed E-state index contributed by atoms with van der Waals surface area (Å²) >= 11 is -2.78. The molecule has 1 aromatic rings. The molecule has 0 amide bonds. The van der Waals surface area contributed by atoms with Gasteiger partial charge >= 0.3 is 138 Å². The molecule has 0 spiro atoms. The van der Waals surface area contributed by atoms with Crippen molar-refractivity contribution in [2.75, 3.05) is 13.7 Å². The summed E-state index contributed by atoms with van der Waals surface area (Å²) in [6, 6.07) is 9.92. The number of methoxy groups -OCH3 is 1. The van der Waals surface area contributed by atoms with Gasteiger partial charge in [-0.05, 0) is 0 Å². The zero-order valence-electron chi connectivity index (χ0n) is 12.6. The average molecular weight is 410 g/mol. The Bertz CT molecular complexity index is 711. The van der Waals surface area contributed by atoms with Crippen LogP contribution >= 0.6 is 0 Å². The van der Waals surface area contributed by atoms with E-state index in [0.717, 1.165) is 26.3 Å². The van der Waals surface area contributed by atoms with Crippen LogP contribution < -0.4 is 0 Å². The van der Waals surface area contributed by atoms with Gasteiger partial charge < -0.3 is 0 Å². The quantitative estimate of drug-likeness (QED) is 0.709. The molecule has 4 heteroatoms. The van der Waals surface area contributed by atoms with Gasteiger partial charge in [-0.3, -0.25) is 0 Å². The Kier molecular flexibility index (Phi) is 4.61. The van der Waals surface area contributed by atoms with Crippen LogP contribution in [0, 0.1) is 0 Å². The van der Waals surface area contributed by atoms with Crippen LogP contribution in [0.1, 0.15) is 12.5 Å². The van der Waals surface area contributed by atoms with E-state index in [9.17, 15) is 3.10 Å². The molecule has 0 bridgehead atoms. The van der Waals surface area contributed by atoms with Gasteiger partial charge in [0.25, 0.3) is 0 Å². The molecule has 1 heterocycles. The van der Waals surface area contributed by atoms with Gasteiger partial charge in [0.05, 0.1) is 0 Å². The topological polar surface area (TPSA) is 35.5 Å². The van der Waals surface area contributed by atoms with E-state index in [1.165, 1.54) is 0 Å². The van der Waals surface area contributed by atoms with Gasteiger partial charge in [-0.1, -0.05) is 0 Å². The molecule has 0 N–H and O–H groups in total. The SMILES string of the molecule is CCOC1=C2C=CC(OC)=CC2[Te](=O)C(c2ccccc2)=C1. The van der Waals surface area contributed by atoms with E-state index >= 15 is 0 Å². The molecular formula is C18H18O3Te. The van der Waals surface area contributed by atoms with Gasteiger partial charge in [0.1, 0.15) is 0 Å². The first-order chi connectivity index (χ1) is 10.7. The van der Waals surface area contributed by atoms with Crippen molar-refractivity contribution >= 4 is 23.2 Å². The summed E-state index contributed by atoms with van der Waals surface area (Å²) in [5.74, 6) is 1.59. The molecule has 0 radical (unpaired) electrons. The Hall–Kier alpha value is -1.63. The Morgan fingerprint density at radius 2 is 1.95 bits per heavy atom. The maximum absolute atomic E-state index is 13.1. The summed E-state index contributed by atoms with van der Waals surface area (Å²) < 4.78 is 25.1. The van der Waals surface area contributed by atoms with E-state index < -0.39 is 19.5 Å². The van der Waals surface area contributed by atoms with Gasteiger partial charge in [0.2, 0.25) is 0 Å². The zero-order chi connectivity index (χ0) is 15.5. The first kappa shape index (κ1) is 15.3. The minimum atomic E-state index is -2.78. The molecule has 1 aromatic carbocycles. The monoisotopic (exact) mass is 412 g/mol. The second-order valence-electron chi connectivity index (χ2n) is 4.95. The number of hydrogen-bond acceptors (Lipinski definition) is 3. The third-order valence-corrected chi connectivity index (χ3v) is 8.31. The zero-order valence-corrected chi connectivity index (χ0v) is 14.9. The fourth-order valence-electron chi connectivity index (χ4n) is 2.58. The molecule has 0 aromatic heterocycles. The predicted molar refractivity (Wildman–Crippen MR) is 87.5 cm³/mol. The second-order valence-corrected chi connectivity index (χ2v) is 9.35. The fourth-order valence-corrected chi connectivity index (χ4v) is 7.00. The summed E-state index contributed by atoms with van der Waals surface area (Å²) in [5.41, 5.74) is 2.03. The maximum atomic E-state index is 13.1. The van der Waals surface area contributed by atoms with Crippen molar-refractivity contribution in [1.29, 1.82) is 0 Å². The third-order valence-electron chi connectivity index (χ3n) is 3.64. The van der Waals surface area contributed by atoms with Gasteiger partial charge in [0, 0.05) is 0 Å². The summed E-state index contributed by atoms with van der Waals surface area (Å²) in [4.78, 5) is 0. The van der Waals surface area contributed by atoms with E-state index in [2.05, 4.69) is 0 Å². The van der Waals surface area contributed by atoms with Crippen LogP contribution in [0.2, 0.25) is 3.97 Å². The molecule has 1 unspecified atom stereocenters. The first-order valence-electron chi connectivity index (χ1n) is 7.23. The molecule has 0 fully saturated rings. The van der Waals surface area contributed by atoms with Gasteiger partial charge in [0.15, 0.2) is 0 Å². The van der Waals surface area contributed by atoms with Crippen LogP contribution in [0.15, 0.2) is 71.7 Å². The van der Waals surface area contributed by atoms with Crippen LogP contribution in [-0.4, -0.2) is 33.3 Å². The van der Waals surface area contributed by atoms with Crippen molar-refractivity contribution in [3.05, 3.63) is 77.3 Å². The molecule has 1 aliphatic heterocycles. The number of fused-ring (bicyclic) bond motifs is 1. The molecule has 3 nitrogen and oxygen atoms in total. The van der Waals surface area contributed by atoms with E-state index in [1.807, 2.05) is 61.6 Å². The van der Waals surface area contributed by atoms with Gasteiger partial charge in [-0.25, -0.2) is 0 Å². The third kappa shape index (κ3) is 2.82. The van der Waals surface area contributed by atoms with Crippen molar-refractivity contribution in [1.82, 2.24) is 0 Å². The second kappa shape index (κ2) is 6.64. The van der Waals surface area contributed by atoms with Crippen LogP contribution in [-0.2, 0) is 12.6 Å². The number of rotatable bonds is 4. The van der Waals surface area contributed by atoms with E-state index in [1.54, 1.807) is 7.11 Å². The molecule has 1 aliphatic carbocycles. The molecule has 2 aliphatic rings. The number of ether oxygens (including phenoxy) is 2. The molecule has 0 saturated carbocycles. The van der Waals surface area contributed by atoms with Gasteiger partial charge in [-0.15, -0.1) is 0 Å². The Morgan fingerprint density at radius 1 is 1.18 bits per heavy atom. The summed E-state index contributed by atoms with van der Waals surface area (Å²) in [6.07, 6.45) is 7.80. The van der Waals surface area contributed by atoms with E-state index in [-0.39, 0.29) is 3.97 Å². The van der Waals surface area contributed by atoms with Crippen molar-refractivity contribution in [3.8, 4) is 0 Å². The van der Waals surface area contributed by atoms with E-state index in [0.29, 0.717) is 6.61 Å². The predicted octanol–water partition coefficient (Wildman–Crippen LogP) is 3.81. The summed E-state index contributed by atoms with van der Waals surface area (Å²) in [7, 11) is 1.63.